The Morgan fingerprint density at radius 2 is 1.94 bits per heavy atom. The second-order valence-corrected chi connectivity index (χ2v) is 7.87. The molecule has 6 nitrogen and oxygen atoms in total. The van der Waals surface area contributed by atoms with Crippen molar-refractivity contribution < 1.29 is 14.6 Å². The summed E-state index contributed by atoms with van der Waals surface area (Å²) in [6, 6.07) is 16.7. The minimum Gasteiger partial charge on any atom is -0.478 e. The first-order chi connectivity index (χ1) is 15.0. The van der Waals surface area contributed by atoms with Crippen LogP contribution in [0.15, 0.2) is 54.6 Å². The van der Waals surface area contributed by atoms with E-state index in [1.165, 1.54) is 0 Å². The highest BCUT2D eigenvalue weighted by Crippen LogP contribution is 2.30. The molecule has 1 heterocycles. The Kier molecular flexibility index (Phi) is 8.35. The molecule has 164 valence electrons. The number of carbonyl (C=O) groups is 1. The van der Waals surface area contributed by atoms with Crippen molar-refractivity contribution in [2.75, 3.05) is 13.2 Å². The van der Waals surface area contributed by atoms with Crippen LogP contribution in [0, 0.1) is 0 Å². The number of rotatable bonds is 10. The van der Waals surface area contributed by atoms with Gasteiger partial charge in [0.1, 0.15) is 0 Å². The lowest BCUT2D eigenvalue weighted by molar-refractivity contribution is -0.122. The van der Waals surface area contributed by atoms with Crippen LogP contribution in [0.3, 0.4) is 0 Å². The van der Waals surface area contributed by atoms with E-state index in [0.29, 0.717) is 41.8 Å². The average Bonchev–Trinajstić information content (AvgIpc) is 3.21. The van der Waals surface area contributed by atoms with Crippen LogP contribution in [0.25, 0.3) is 16.9 Å². The molecule has 2 aromatic carbocycles. The molecule has 0 radical (unpaired) electrons. The maximum Gasteiger partial charge on any atom is 0.220 e. The van der Waals surface area contributed by atoms with E-state index in [9.17, 15) is 9.90 Å². The predicted molar refractivity (Wildman–Crippen MR) is 123 cm³/mol. The van der Waals surface area contributed by atoms with Gasteiger partial charge in [0.05, 0.1) is 40.7 Å². The highest BCUT2D eigenvalue weighted by molar-refractivity contribution is 6.42. The molecule has 8 heteroatoms. The third-order valence-electron chi connectivity index (χ3n) is 4.77. The zero-order chi connectivity index (χ0) is 22.2. The van der Waals surface area contributed by atoms with E-state index >= 15 is 0 Å². The number of nitrogens with one attached hydrogen (secondary N) is 1. The van der Waals surface area contributed by atoms with Crippen LogP contribution in [-0.2, 0) is 4.79 Å². The molecule has 0 saturated heterocycles. The summed E-state index contributed by atoms with van der Waals surface area (Å²) in [7, 11) is 0. The fourth-order valence-corrected chi connectivity index (χ4v) is 3.30. The molecule has 0 bridgehead atoms. The van der Waals surface area contributed by atoms with Gasteiger partial charge < -0.3 is 15.2 Å². The molecule has 1 aromatic heterocycles. The van der Waals surface area contributed by atoms with Gasteiger partial charge in [0.2, 0.25) is 11.8 Å². The summed E-state index contributed by atoms with van der Waals surface area (Å²) < 4.78 is 7.64. The Morgan fingerprint density at radius 3 is 2.61 bits per heavy atom. The zero-order valence-corrected chi connectivity index (χ0v) is 18.7. The molecule has 0 saturated carbocycles. The Hall–Kier alpha value is -2.54. The molecule has 0 spiro atoms. The minimum atomic E-state index is -0.210. The average molecular weight is 462 g/mol. The summed E-state index contributed by atoms with van der Waals surface area (Å²) in [6.07, 6.45) is 1.52. The largest absolute Gasteiger partial charge is 0.478 e. The first-order valence-electron chi connectivity index (χ1n) is 10.2. The summed E-state index contributed by atoms with van der Waals surface area (Å²) in [6.45, 7) is 2.19. The molecule has 0 aliphatic rings. The van der Waals surface area contributed by atoms with Gasteiger partial charge in [0.25, 0.3) is 0 Å². The topological polar surface area (TPSA) is 76.4 Å². The van der Waals surface area contributed by atoms with Crippen molar-refractivity contribution in [1.82, 2.24) is 15.1 Å². The number of benzene rings is 2. The molecule has 0 aliphatic heterocycles. The molecular weight excluding hydrogens is 437 g/mol. The maximum absolute atomic E-state index is 12.0. The van der Waals surface area contributed by atoms with Crippen LogP contribution >= 0.6 is 23.2 Å². The Morgan fingerprint density at radius 1 is 1.16 bits per heavy atom. The molecule has 2 N–H and O–H groups in total. The van der Waals surface area contributed by atoms with E-state index in [1.54, 1.807) is 16.8 Å². The number of aliphatic hydroxyl groups excluding tert-OH is 1. The van der Waals surface area contributed by atoms with Gasteiger partial charge in [-0.1, -0.05) is 60.5 Å². The van der Waals surface area contributed by atoms with Crippen LogP contribution in [0.4, 0.5) is 0 Å². The molecule has 1 amide bonds. The van der Waals surface area contributed by atoms with Crippen molar-refractivity contribution >= 4 is 29.1 Å². The third-order valence-corrected chi connectivity index (χ3v) is 5.51. The number of carbonyl (C=O) groups excluding carboxylic acids is 1. The number of ether oxygens (including phenoxy) is 1. The summed E-state index contributed by atoms with van der Waals surface area (Å²) in [5.41, 5.74) is 2.44. The normalized spacial score (nSPS) is 11.9. The number of hydrogen-bond acceptors (Lipinski definition) is 4. The molecule has 3 aromatic rings. The standard InChI is InChI=1S/C23H25Cl2N3O3/c1-2-17(15-29)26-22(30)9-6-12-31-23-14-21(16-7-4-3-5-8-16)27-28(23)18-10-11-19(24)20(25)13-18/h3-5,7-8,10-11,13-14,17,29H,2,6,9,12,15H2,1H3,(H,26,30)/t17-/m1/s1. The number of hydrogen-bond donors (Lipinski definition) is 2. The van der Waals surface area contributed by atoms with Crippen molar-refractivity contribution in [3.05, 3.63) is 64.6 Å². The summed E-state index contributed by atoms with van der Waals surface area (Å²) >= 11 is 12.2. The summed E-state index contributed by atoms with van der Waals surface area (Å²) in [4.78, 5) is 12.0. The third kappa shape index (κ3) is 6.23. The molecule has 1 atom stereocenters. The zero-order valence-electron chi connectivity index (χ0n) is 17.2. The molecule has 31 heavy (non-hydrogen) atoms. The van der Waals surface area contributed by atoms with Crippen molar-refractivity contribution in [3.8, 4) is 22.8 Å². The van der Waals surface area contributed by atoms with Gasteiger partial charge in [-0.05, 0) is 31.0 Å². The highest BCUT2D eigenvalue weighted by atomic mass is 35.5. The van der Waals surface area contributed by atoms with Crippen LogP contribution in [0.5, 0.6) is 5.88 Å². The van der Waals surface area contributed by atoms with E-state index in [2.05, 4.69) is 10.4 Å². The SMILES string of the molecule is CC[C@H](CO)NC(=O)CCCOc1cc(-c2ccccc2)nn1-c1ccc(Cl)c(Cl)c1. The quantitative estimate of drug-likeness (QED) is 0.421. The monoisotopic (exact) mass is 461 g/mol. The number of aromatic nitrogens is 2. The fraction of sp³-hybridized carbons (Fsp3) is 0.304. The molecular formula is C23H25Cl2N3O3. The summed E-state index contributed by atoms with van der Waals surface area (Å²) in [5.74, 6) is 0.437. The van der Waals surface area contributed by atoms with Crippen molar-refractivity contribution in [3.63, 3.8) is 0 Å². The first-order valence-corrected chi connectivity index (χ1v) is 10.9. The van der Waals surface area contributed by atoms with Gasteiger partial charge in [-0.25, -0.2) is 4.68 Å². The van der Waals surface area contributed by atoms with E-state index in [-0.39, 0.29) is 18.6 Å². The Labute approximate surface area is 191 Å². The number of nitrogens with zero attached hydrogens (tertiary/aromatic N) is 2. The Bertz CT molecular complexity index is 1000. The van der Waals surface area contributed by atoms with E-state index in [1.807, 2.05) is 49.4 Å². The van der Waals surface area contributed by atoms with Crippen LogP contribution < -0.4 is 10.1 Å². The van der Waals surface area contributed by atoms with Gasteiger partial charge in [-0.2, -0.15) is 5.10 Å². The van der Waals surface area contributed by atoms with E-state index < -0.39 is 0 Å². The van der Waals surface area contributed by atoms with Gasteiger partial charge in [0, 0.05) is 18.1 Å². The highest BCUT2D eigenvalue weighted by Gasteiger charge is 2.14. The second-order valence-electron chi connectivity index (χ2n) is 7.05. The van der Waals surface area contributed by atoms with Crippen LogP contribution in [-0.4, -0.2) is 40.0 Å². The first kappa shape index (κ1) is 23.1. The maximum atomic E-state index is 12.0. The van der Waals surface area contributed by atoms with Crippen molar-refractivity contribution in [2.45, 2.75) is 32.2 Å². The molecule has 0 aliphatic carbocycles. The number of aliphatic hydroxyl groups is 1. The number of amides is 1. The van der Waals surface area contributed by atoms with Gasteiger partial charge in [0.15, 0.2) is 0 Å². The second kappa shape index (κ2) is 11.2. The molecule has 0 unspecified atom stereocenters. The predicted octanol–water partition coefficient (Wildman–Crippen LogP) is 4.89. The Balaban J connectivity index is 1.73. The van der Waals surface area contributed by atoms with Gasteiger partial charge in [-0.15, -0.1) is 0 Å². The van der Waals surface area contributed by atoms with Crippen LogP contribution in [0.2, 0.25) is 10.0 Å². The van der Waals surface area contributed by atoms with Crippen LogP contribution in [0.1, 0.15) is 26.2 Å². The van der Waals surface area contributed by atoms with Crippen molar-refractivity contribution in [1.29, 1.82) is 0 Å². The van der Waals surface area contributed by atoms with Gasteiger partial charge >= 0.3 is 0 Å². The lowest BCUT2D eigenvalue weighted by Gasteiger charge is -2.14. The lowest BCUT2D eigenvalue weighted by Crippen LogP contribution is -2.36. The van der Waals surface area contributed by atoms with Gasteiger partial charge in [-0.3, -0.25) is 4.79 Å². The molecule has 3 rings (SSSR count). The van der Waals surface area contributed by atoms with E-state index in [0.717, 1.165) is 16.9 Å². The lowest BCUT2D eigenvalue weighted by atomic mass is 10.2. The number of halogens is 2. The fourth-order valence-electron chi connectivity index (χ4n) is 3.00. The molecule has 0 fully saturated rings. The summed E-state index contributed by atoms with van der Waals surface area (Å²) in [5, 5.41) is 17.6. The smallest absolute Gasteiger partial charge is 0.220 e. The van der Waals surface area contributed by atoms with E-state index in [4.69, 9.17) is 27.9 Å². The minimum absolute atomic E-state index is 0.0656. The van der Waals surface area contributed by atoms with Crippen molar-refractivity contribution in [2.24, 2.45) is 0 Å².